The van der Waals surface area contributed by atoms with Gasteiger partial charge in [0, 0.05) is 45.1 Å². The molecule has 2 aromatic rings. The Morgan fingerprint density at radius 3 is 2.94 bits per heavy atom. The van der Waals surface area contributed by atoms with Crippen LogP contribution in [-0.4, -0.2) is 73.3 Å². The molecule has 2 atom stereocenters. The molecule has 5 N–H and O–H groups in total. The fraction of sp³-hybridized carbons (Fsp3) is 0.476. The van der Waals surface area contributed by atoms with E-state index in [0.29, 0.717) is 41.1 Å². The monoisotopic (exact) mass is 464 g/mol. The number of benzene rings is 1. The average molecular weight is 465 g/mol. The van der Waals surface area contributed by atoms with Crippen LogP contribution in [0.25, 0.3) is 0 Å². The number of anilines is 2. The number of H-pyrrole nitrogens is 1. The zero-order valence-electron chi connectivity index (χ0n) is 18.2. The zero-order chi connectivity index (χ0) is 23.1. The standard InChI is InChI=1S/C21H29ClN6O4/c1-31-17-11-15(23)14(22)10-13(17)20(30)26-16-5-9-28(12-18(16)32-2)8-3-6-24-21-25-7-4-19(29)27-21/h4,7,10-11,16,18H,3,5-6,8-9,12,23H2,1-2H3,(H,26,30)(H2,24,25,27,29)/t16-,18+/m1/s1. The van der Waals surface area contributed by atoms with Gasteiger partial charge in [0.1, 0.15) is 5.75 Å². The highest BCUT2D eigenvalue weighted by Crippen LogP contribution is 2.29. The van der Waals surface area contributed by atoms with E-state index in [1.807, 2.05) is 0 Å². The number of piperidine rings is 1. The second-order valence-corrected chi connectivity index (χ2v) is 7.99. The van der Waals surface area contributed by atoms with Crippen molar-refractivity contribution in [2.45, 2.75) is 25.0 Å². The van der Waals surface area contributed by atoms with E-state index in [-0.39, 0.29) is 23.6 Å². The maximum atomic E-state index is 12.9. The van der Waals surface area contributed by atoms with Crippen LogP contribution in [0.1, 0.15) is 23.2 Å². The van der Waals surface area contributed by atoms with Crippen LogP contribution in [-0.2, 0) is 4.74 Å². The summed E-state index contributed by atoms with van der Waals surface area (Å²) < 4.78 is 10.9. The Kier molecular flexibility index (Phi) is 8.32. The van der Waals surface area contributed by atoms with Crippen molar-refractivity contribution in [3.63, 3.8) is 0 Å². The van der Waals surface area contributed by atoms with Gasteiger partial charge in [-0.1, -0.05) is 11.6 Å². The van der Waals surface area contributed by atoms with Gasteiger partial charge in [-0.05, 0) is 25.5 Å². The van der Waals surface area contributed by atoms with Crippen LogP contribution < -0.4 is 26.7 Å². The lowest BCUT2D eigenvalue weighted by Crippen LogP contribution is -2.55. The molecule has 1 aliphatic heterocycles. The molecule has 0 saturated carbocycles. The molecular weight excluding hydrogens is 436 g/mol. The number of ether oxygens (including phenoxy) is 2. The van der Waals surface area contributed by atoms with E-state index in [2.05, 4.69) is 25.5 Å². The molecule has 1 aromatic heterocycles. The predicted molar refractivity (Wildman–Crippen MR) is 123 cm³/mol. The molecule has 0 spiro atoms. The number of aromatic amines is 1. The zero-order valence-corrected chi connectivity index (χ0v) is 18.9. The van der Waals surface area contributed by atoms with Gasteiger partial charge >= 0.3 is 0 Å². The third-order valence-electron chi connectivity index (χ3n) is 5.44. The lowest BCUT2D eigenvalue weighted by atomic mass is 10.0. The van der Waals surface area contributed by atoms with Gasteiger partial charge in [0.15, 0.2) is 0 Å². The largest absolute Gasteiger partial charge is 0.496 e. The van der Waals surface area contributed by atoms with Gasteiger partial charge < -0.3 is 30.7 Å². The Morgan fingerprint density at radius 1 is 1.41 bits per heavy atom. The van der Waals surface area contributed by atoms with Gasteiger partial charge in [-0.3, -0.25) is 14.6 Å². The maximum absolute atomic E-state index is 12.9. The van der Waals surface area contributed by atoms with E-state index >= 15 is 0 Å². The molecule has 0 bridgehead atoms. The minimum Gasteiger partial charge on any atom is -0.496 e. The van der Waals surface area contributed by atoms with Gasteiger partial charge in [0.25, 0.3) is 11.5 Å². The number of hydrogen-bond acceptors (Lipinski definition) is 8. The number of likely N-dealkylation sites (tertiary alicyclic amines) is 1. The lowest BCUT2D eigenvalue weighted by molar-refractivity contribution is 0.00637. The van der Waals surface area contributed by atoms with E-state index in [0.717, 1.165) is 25.9 Å². The average Bonchev–Trinajstić information content (AvgIpc) is 2.79. The number of nitrogens with one attached hydrogen (secondary N) is 3. The first-order chi connectivity index (χ1) is 15.4. The second kappa shape index (κ2) is 11.2. The number of hydrogen-bond donors (Lipinski definition) is 4. The van der Waals surface area contributed by atoms with Crippen LogP contribution >= 0.6 is 11.6 Å². The summed E-state index contributed by atoms with van der Waals surface area (Å²) in [4.78, 5) is 33.2. The minimum absolute atomic E-state index is 0.137. The van der Waals surface area contributed by atoms with Gasteiger partial charge in [-0.25, -0.2) is 4.98 Å². The van der Waals surface area contributed by atoms with E-state index in [1.165, 1.54) is 25.4 Å². The molecule has 1 amide bonds. The van der Waals surface area contributed by atoms with Gasteiger partial charge in [-0.15, -0.1) is 0 Å². The van der Waals surface area contributed by atoms with Crippen molar-refractivity contribution in [2.24, 2.45) is 0 Å². The molecular formula is C21H29ClN6O4. The predicted octanol–water partition coefficient (Wildman–Crippen LogP) is 1.34. The van der Waals surface area contributed by atoms with Crippen molar-refractivity contribution in [3.8, 4) is 5.75 Å². The van der Waals surface area contributed by atoms with Crippen molar-refractivity contribution in [1.29, 1.82) is 0 Å². The first-order valence-electron chi connectivity index (χ1n) is 10.4. The molecule has 3 rings (SSSR count). The fourth-order valence-electron chi connectivity index (χ4n) is 3.72. The Morgan fingerprint density at radius 2 is 2.22 bits per heavy atom. The molecule has 174 valence electrons. The molecule has 1 saturated heterocycles. The van der Waals surface area contributed by atoms with Crippen LogP contribution in [0, 0.1) is 0 Å². The topological polar surface area (TPSA) is 135 Å². The Hall–Kier alpha value is -2.82. The molecule has 32 heavy (non-hydrogen) atoms. The number of carbonyl (C=O) groups excluding carboxylic acids is 1. The van der Waals surface area contributed by atoms with Crippen molar-refractivity contribution in [3.05, 3.63) is 45.3 Å². The van der Waals surface area contributed by atoms with E-state index in [1.54, 1.807) is 13.2 Å². The van der Waals surface area contributed by atoms with Crippen LogP contribution in [0.3, 0.4) is 0 Å². The molecule has 1 aliphatic rings. The normalized spacial score (nSPS) is 18.8. The summed E-state index contributed by atoms with van der Waals surface area (Å²) in [6.07, 6.45) is 2.93. The van der Waals surface area contributed by atoms with Crippen molar-refractivity contribution in [1.82, 2.24) is 20.2 Å². The number of nitrogens with two attached hydrogens (primary N) is 1. The van der Waals surface area contributed by atoms with Crippen LogP contribution in [0.5, 0.6) is 5.75 Å². The quantitative estimate of drug-likeness (QED) is 0.322. The summed E-state index contributed by atoms with van der Waals surface area (Å²) >= 11 is 6.09. The number of halogens is 1. The van der Waals surface area contributed by atoms with Crippen LogP contribution in [0.15, 0.2) is 29.2 Å². The number of rotatable bonds is 9. The van der Waals surface area contributed by atoms with Crippen molar-refractivity contribution in [2.75, 3.05) is 51.4 Å². The summed E-state index contributed by atoms with van der Waals surface area (Å²) in [5, 5.41) is 6.46. The number of carbonyl (C=O) groups is 1. The fourth-order valence-corrected chi connectivity index (χ4v) is 3.88. The summed E-state index contributed by atoms with van der Waals surface area (Å²) in [6.45, 7) is 3.05. The molecule has 0 unspecified atom stereocenters. The molecule has 2 heterocycles. The SMILES string of the molecule is COc1cc(N)c(Cl)cc1C(=O)N[C@@H]1CCN(CCCNc2nccc(=O)[nH]2)C[C@@H]1OC. The summed E-state index contributed by atoms with van der Waals surface area (Å²) in [6, 6.07) is 4.30. The summed E-state index contributed by atoms with van der Waals surface area (Å²) in [5.74, 6) is 0.558. The van der Waals surface area contributed by atoms with E-state index in [4.69, 9.17) is 26.8 Å². The number of methoxy groups -OCH3 is 2. The molecule has 11 heteroatoms. The number of amides is 1. The van der Waals surface area contributed by atoms with Crippen molar-refractivity contribution < 1.29 is 14.3 Å². The molecule has 10 nitrogen and oxygen atoms in total. The first-order valence-corrected chi connectivity index (χ1v) is 10.8. The van der Waals surface area contributed by atoms with E-state index in [9.17, 15) is 9.59 Å². The van der Waals surface area contributed by atoms with Gasteiger partial charge in [0.2, 0.25) is 5.95 Å². The Balaban J connectivity index is 1.50. The Bertz CT molecular complexity index is 985. The Labute approximate surface area is 191 Å². The highest BCUT2D eigenvalue weighted by molar-refractivity contribution is 6.33. The number of nitrogens with zero attached hydrogens (tertiary/aromatic N) is 2. The highest BCUT2D eigenvalue weighted by atomic mass is 35.5. The molecule has 0 radical (unpaired) electrons. The smallest absolute Gasteiger partial charge is 0.255 e. The number of aromatic nitrogens is 2. The van der Waals surface area contributed by atoms with Crippen LogP contribution in [0.4, 0.5) is 11.6 Å². The maximum Gasteiger partial charge on any atom is 0.255 e. The minimum atomic E-state index is -0.280. The summed E-state index contributed by atoms with van der Waals surface area (Å²) in [5.41, 5.74) is 6.31. The lowest BCUT2D eigenvalue weighted by Gasteiger charge is -2.38. The third kappa shape index (κ3) is 6.12. The van der Waals surface area contributed by atoms with Crippen LogP contribution in [0.2, 0.25) is 5.02 Å². The molecule has 1 aromatic carbocycles. The molecule has 1 fully saturated rings. The van der Waals surface area contributed by atoms with Crippen molar-refractivity contribution >= 4 is 29.1 Å². The van der Waals surface area contributed by atoms with Gasteiger partial charge in [-0.2, -0.15) is 0 Å². The number of nitrogen functional groups attached to an aromatic ring is 1. The van der Waals surface area contributed by atoms with E-state index < -0.39 is 0 Å². The highest BCUT2D eigenvalue weighted by Gasteiger charge is 2.31. The first kappa shape index (κ1) is 23.8. The van der Waals surface area contributed by atoms with Gasteiger partial charge in [0.05, 0.1) is 35.5 Å². The second-order valence-electron chi connectivity index (χ2n) is 7.58. The molecule has 0 aliphatic carbocycles. The summed E-state index contributed by atoms with van der Waals surface area (Å²) in [7, 11) is 3.13. The third-order valence-corrected chi connectivity index (χ3v) is 5.77.